The highest BCUT2D eigenvalue weighted by molar-refractivity contribution is 6.75. The van der Waals surface area contributed by atoms with Crippen LogP contribution in [0.2, 0.25) is 54.4 Å². The molecule has 386 valence electrons. The first-order valence-corrected chi connectivity index (χ1v) is 35.5. The number of hydrogen-bond donors (Lipinski definition) is 0. The first-order chi connectivity index (χ1) is 30.8. The predicted molar refractivity (Wildman–Crippen MR) is 280 cm³/mol. The van der Waals surface area contributed by atoms with Crippen LogP contribution in [0.15, 0.2) is 30.3 Å². The smallest absolute Gasteiger partial charge is 0.192 e. The van der Waals surface area contributed by atoms with E-state index in [1.165, 1.54) is 5.56 Å². The van der Waals surface area contributed by atoms with Gasteiger partial charge in [-0.1, -0.05) is 99.6 Å². The molecule has 5 fully saturated rings. The fourth-order valence-corrected chi connectivity index (χ4v) is 14.9. The Morgan fingerprint density at radius 3 is 1.87 bits per heavy atom. The van der Waals surface area contributed by atoms with Crippen LogP contribution in [0, 0.1) is 5.92 Å². The molecule has 13 atom stereocenters. The SMILES string of the molecule is C[C@H]1C[C@@H]2O[C@@H]3C[C@@H]4O[C@@H]5CC[C@](C)(O[Si](C)(C)C(C)(C)C)[C@H](CCCO[Si](C)(C)C(C)(C)C)O[C@H]5CC[C@@]4(C)O[C@H]3[C@@H](O[Si](C)(C)C(C)(C)C)C[C@@]2(C)O[C@H]1CCCOCc1ccccc1. The molecule has 5 aliphatic rings. The molecule has 67 heavy (non-hydrogen) atoms. The Labute approximate surface area is 413 Å². The van der Waals surface area contributed by atoms with E-state index in [1.807, 2.05) is 6.07 Å². The Hall–Kier alpha value is -0.489. The van der Waals surface area contributed by atoms with Gasteiger partial charge in [-0.2, -0.15) is 0 Å². The van der Waals surface area contributed by atoms with Gasteiger partial charge in [0, 0.05) is 26.1 Å². The topological polar surface area (TPSA) is 83.1 Å². The van der Waals surface area contributed by atoms with Gasteiger partial charge in [-0.3, -0.25) is 0 Å². The lowest BCUT2D eigenvalue weighted by Crippen LogP contribution is -2.60. The number of benzene rings is 1. The highest BCUT2D eigenvalue weighted by Gasteiger charge is 2.60. The molecule has 0 radical (unpaired) electrons. The lowest BCUT2D eigenvalue weighted by atomic mass is 9.79. The van der Waals surface area contributed by atoms with Gasteiger partial charge in [0.2, 0.25) is 0 Å². The minimum Gasteiger partial charge on any atom is -0.417 e. The molecule has 0 aromatic heterocycles. The van der Waals surface area contributed by atoms with Crippen LogP contribution in [0.1, 0.15) is 166 Å². The van der Waals surface area contributed by atoms with E-state index in [0.29, 0.717) is 12.5 Å². The van der Waals surface area contributed by atoms with E-state index < -0.39 is 41.8 Å². The van der Waals surface area contributed by atoms with E-state index in [2.05, 4.69) is 154 Å². The Morgan fingerprint density at radius 1 is 0.642 bits per heavy atom. The summed E-state index contributed by atoms with van der Waals surface area (Å²) >= 11 is 0. The number of rotatable bonds is 15. The van der Waals surface area contributed by atoms with Gasteiger partial charge in [0.15, 0.2) is 25.0 Å². The minimum absolute atomic E-state index is 0.0362. The van der Waals surface area contributed by atoms with Crippen LogP contribution in [0.5, 0.6) is 0 Å². The van der Waals surface area contributed by atoms with Gasteiger partial charge in [-0.05, 0) is 144 Å². The van der Waals surface area contributed by atoms with Gasteiger partial charge in [0.05, 0.1) is 72.2 Å². The molecule has 12 heteroatoms. The second-order valence-electron chi connectivity index (χ2n) is 27.1. The standard InChI is InChI=1S/C55H100O9Si3/c1-39-35-47-55(13,61-41(39)27-23-33-56-38-40-25-21-20-22-26-40)37-45(63-66(16,17)51(5,6)7)49-44(60-47)36-48-53(11,62-49)31-29-42-43(59-48)30-32-54(12,64-67(18,19)52(8,9)10)46(58-42)28-24-34-57-65(14,15)50(2,3)4/h20-22,25-26,39,41-49H,23-24,27-38H2,1-19H3/t39-,41-,42-,43+,44+,45-,46-,47-,48-,49+,53+,54-,55+/m0/s1. The third kappa shape index (κ3) is 13.0. The Balaban J connectivity index is 1.21. The van der Waals surface area contributed by atoms with E-state index in [1.54, 1.807) is 0 Å². The van der Waals surface area contributed by atoms with Crippen LogP contribution in [0.4, 0.5) is 0 Å². The summed E-state index contributed by atoms with van der Waals surface area (Å²) in [6, 6.07) is 10.4. The first-order valence-electron chi connectivity index (χ1n) is 26.7. The quantitative estimate of drug-likeness (QED) is 0.126. The van der Waals surface area contributed by atoms with Gasteiger partial charge in [0.1, 0.15) is 6.10 Å². The second kappa shape index (κ2) is 20.8. The molecule has 0 aliphatic carbocycles. The zero-order valence-corrected chi connectivity index (χ0v) is 49.2. The minimum atomic E-state index is -2.24. The van der Waals surface area contributed by atoms with Crippen LogP contribution in [-0.2, 0) is 48.3 Å². The van der Waals surface area contributed by atoms with Crippen molar-refractivity contribution < 1.29 is 41.7 Å². The fraction of sp³-hybridized carbons (Fsp3) is 0.891. The number of ether oxygens (including phenoxy) is 6. The summed E-state index contributed by atoms with van der Waals surface area (Å²) < 4.78 is 65.1. The summed E-state index contributed by atoms with van der Waals surface area (Å²) in [5.74, 6) is 0.353. The summed E-state index contributed by atoms with van der Waals surface area (Å²) in [6.45, 7) is 46.6. The van der Waals surface area contributed by atoms with Crippen molar-refractivity contribution in [1.29, 1.82) is 0 Å². The molecular weight excluding hydrogens is 889 g/mol. The van der Waals surface area contributed by atoms with E-state index in [-0.39, 0.29) is 70.1 Å². The summed E-state index contributed by atoms with van der Waals surface area (Å²) in [5, 5.41) is 0.292. The fourth-order valence-electron chi connectivity index (χ4n) is 10.8. The normalized spacial score (nSPS) is 37.0. The van der Waals surface area contributed by atoms with Crippen LogP contribution in [0.25, 0.3) is 0 Å². The molecule has 5 saturated heterocycles. The van der Waals surface area contributed by atoms with Gasteiger partial charge in [-0.15, -0.1) is 0 Å². The Morgan fingerprint density at radius 2 is 1.22 bits per heavy atom. The second-order valence-corrected chi connectivity index (χ2v) is 41.4. The zero-order valence-electron chi connectivity index (χ0n) is 46.2. The Bertz CT molecular complexity index is 1740. The maximum Gasteiger partial charge on any atom is 0.192 e. The third-order valence-corrected chi connectivity index (χ3v) is 32.1. The predicted octanol–water partition coefficient (Wildman–Crippen LogP) is 13.9. The largest absolute Gasteiger partial charge is 0.417 e. The molecule has 5 aliphatic heterocycles. The van der Waals surface area contributed by atoms with Crippen molar-refractivity contribution in [2.45, 2.75) is 293 Å². The molecule has 0 saturated carbocycles. The zero-order chi connectivity index (χ0) is 49.6. The molecule has 0 bridgehead atoms. The van der Waals surface area contributed by atoms with E-state index in [0.717, 1.165) is 83.8 Å². The third-order valence-electron chi connectivity index (χ3n) is 18.5. The van der Waals surface area contributed by atoms with Crippen molar-refractivity contribution in [2.75, 3.05) is 13.2 Å². The molecule has 5 heterocycles. The van der Waals surface area contributed by atoms with Crippen molar-refractivity contribution in [3.8, 4) is 0 Å². The van der Waals surface area contributed by atoms with Crippen LogP contribution in [0.3, 0.4) is 0 Å². The van der Waals surface area contributed by atoms with Crippen molar-refractivity contribution in [2.24, 2.45) is 5.92 Å². The monoisotopic (exact) mass is 989 g/mol. The average molecular weight is 990 g/mol. The summed E-state index contributed by atoms with van der Waals surface area (Å²) in [7, 11) is -6.26. The van der Waals surface area contributed by atoms with Gasteiger partial charge in [0.25, 0.3) is 0 Å². The van der Waals surface area contributed by atoms with Gasteiger partial charge in [-0.25, -0.2) is 0 Å². The van der Waals surface area contributed by atoms with Gasteiger partial charge >= 0.3 is 0 Å². The maximum absolute atomic E-state index is 7.58. The number of fused-ring (bicyclic) bond motifs is 4. The molecule has 0 N–H and O–H groups in total. The molecule has 1 aromatic carbocycles. The highest BCUT2D eigenvalue weighted by Crippen LogP contribution is 2.52. The molecule has 6 rings (SSSR count). The van der Waals surface area contributed by atoms with Crippen LogP contribution in [-0.4, -0.2) is 110 Å². The Kier molecular flexibility index (Phi) is 17.3. The molecule has 0 unspecified atom stereocenters. The molecule has 1 aromatic rings. The van der Waals surface area contributed by atoms with E-state index in [4.69, 9.17) is 41.7 Å². The van der Waals surface area contributed by atoms with E-state index >= 15 is 0 Å². The lowest BCUT2D eigenvalue weighted by Gasteiger charge is -2.50. The van der Waals surface area contributed by atoms with Crippen LogP contribution < -0.4 is 0 Å². The summed E-state index contributed by atoms with van der Waals surface area (Å²) in [4.78, 5) is 0. The van der Waals surface area contributed by atoms with Gasteiger partial charge < -0.3 is 41.7 Å². The molecular formula is C55H100O9Si3. The summed E-state index contributed by atoms with van der Waals surface area (Å²) in [6.07, 6.45) is 8.84. The lowest BCUT2D eigenvalue weighted by molar-refractivity contribution is -0.272. The molecule has 9 nitrogen and oxygen atoms in total. The summed E-state index contributed by atoms with van der Waals surface area (Å²) in [5.41, 5.74) is -0.253. The highest BCUT2D eigenvalue weighted by atomic mass is 28.4. The molecule has 0 spiro atoms. The maximum atomic E-state index is 7.58. The van der Waals surface area contributed by atoms with Crippen molar-refractivity contribution in [3.05, 3.63) is 35.9 Å². The van der Waals surface area contributed by atoms with Crippen molar-refractivity contribution in [3.63, 3.8) is 0 Å². The van der Waals surface area contributed by atoms with Crippen molar-refractivity contribution in [1.82, 2.24) is 0 Å². The first kappa shape index (κ1) is 55.8. The molecule has 0 amide bonds. The van der Waals surface area contributed by atoms with Crippen LogP contribution >= 0.6 is 0 Å². The average Bonchev–Trinajstić information content (AvgIpc) is 3.46. The van der Waals surface area contributed by atoms with Crippen molar-refractivity contribution >= 4 is 25.0 Å². The van der Waals surface area contributed by atoms with E-state index in [9.17, 15) is 0 Å². The number of hydrogen-bond acceptors (Lipinski definition) is 9.